The summed E-state index contributed by atoms with van der Waals surface area (Å²) < 4.78 is 5.00. The fourth-order valence-corrected chi connectivity index (χ4v) is 2.87. The van der Waals surface area contributed by atoms with Gasteiger partial charge in [-0.15, -0.1) is 0 Å². The van der Waals surface area contributed by atoms with Gasteiger partial charge in [0.2, 0.25) is 0 Å². The summed E-state index contributed by atoms with van der Waals surface area (Å²) in [7, 11) is 0. The molecule has 1 aromatic carbocycles. The Bertz CT molecular complexity index is 552. The minimum atomic E-state index is -0.293. The Morgan fingerprint density at radius 1 is 1.04 bits per heavy atom. The summed E-state index contributed by atoms with van der Waals surface area (Å²) in [4.78, 5) is 27.9. The first-order chi connectivity index (χ1) is 12.2. The molecule has 6 nitrogen and oxygen atoms in total. The average molecular weight is 347 g/mol. The maximum Gasteiger partial charge on any atom is 0.338 e. The Morgan fingerprint density at radius 2 is 1.72 bits per heavy atom. The van der Waals surface area contributed by atoms with Crippen LogP contribution < -0.4 is 10.2 Å². The zero-order valence-electron chi connectivity index (χ0n) is 15.3. The summed E-state index contributed by atoms with van der Waals surface area (Å²) in [6.07, 6.45) is 3.34. The summed E-state index contributed by atoms with van der Waals surface area (Å²) >= 11 is 0. The first kappa shape index (κ1) is 19.1. The number of benzene rings is 1. The van der Waals surface area contributed by atoms with Crippen molar-refractivity contribution < 1.29 is 14.3 Å². The fraction of sp³-hybridized carbons (Fsp3) is 0.579. The molecule has 6 heteroatoms. The van der Waals surface area contributed by atoms with Crippen molar-refractivity contribution in [1.29, 1.82) is 0 Å². The summed E-state index contributed by atoms with van der Waals surface area (Å²) in [5.74, 6) is -0.293. The lowest BCUT2D eigenvalue weighted by Gasteiger charge is -2.36. The van der Waals surface area contributed by atoms with E-state index in [9.17, 15) is 9.59 Å². The third-order valence-corrected chi connectivity index (χ3v) is 4.37. The standard InChI is InChI=1S/C19H29N3O3/c1-3-5-6-11-20-19(24)22-14-12-21(13-15-22)17-9-7-16(8-10-17)18(23)25-4-2/h7-10H,3-6,11-15H2,1-2H3,(H,20,24). The highest BCUT2D eigenvalue weighted by molar-refractivity contribution is 5.89. The molecule has 1 heterocycles. The van der Waals surface area contributed by atoms with Gasteiger partial charge in [-0.1, -0.05) is 19.8 Å². The molecule has 1 aliphatic heterocycles. The number of ether oxygens (including phenoxy) is 1. The number of hydrogen-bond donors (Lipinski definition) is 1. The van der Waals surface area contributed by atoms with E-state index in [0.717, 1.165) is 44.6 Å². The van der Waals surface area contributed by atoms with Gasteiger partial charge in [0.25, 0.3) is 0 Å². The van der Waals surface area contributed by atoms with E-state index < -0.39 is 0 Å². The predicted molar refractivity (Wildman–Crippen MR) is 99.1 cm³/mol. The smallest absolute Gasteiger partial charge is 0.338 e. The average Bonchev–Trinajstić information content (AvgIpc) is 2.65. The number of anilines is 1. The Balaban J connectivity index is 1.79. The number of unbranched alkanes of at least 4 members (excludes halogenated alkanes) is 2. The van der Waals surface area contributed by atoms with Gasteiger partial charge in [-0.2, -0.15) is 0 Å². The minimum Gasteiger partial charge on any atom is -0.462 e. The molecule has 1 aliphatic rings. The van der Waals surface area contributed by atoms with E-state index in [1.807, 2.05) is 17.0 Å². The molecule has 0 spiro atoms. The maximum absolute atomic E-state index is 12.1. The first-order valence-corrected chi connectivity index (χ1v) is 9.20. The van der Waals surface area contributed by atoms with Crippen LogP contribution in [0.2, 0.25) is 0 Å². The number of esters is 1. The summed E-state index contributed by atoms with van der Waals surface area (Å²) in [6.45, 7) is 8.08. The highest BCUT2D eigenvalue weighted by Crippen LogP contribution is 2.18. The monoisotopic (exact) mass is 347 g/mol. The molecule has 25 heavy (non-hydrogen) atoms. The third-order valence-electron chi connectivity index (χ3n) is 4.37. The molecule has 1 fully saturated rings. The van der Waals surface area contributed by atoms with E-state index in [1.54, 1.807) is 19.1 Å². The summed E-state index contributed by atoms with van der Waals surface area (Å²) in [6, 6.07) is 7.49. The molecular formula is C19H29N3O3. The van der Waals surface area contributed by atoms with Gasteiger partial charge in [-0.3, -0.25) is 0 Å². The van der Waals surface area contributed by atoms with Crippen molar-refractivity contribution in [3.63, 3.8) is 0 Å². The third kappa shape index (κ3) is 5.66. The van der Waals surface area contributed by atoms with Crippen LogP contribution in [0.25, 0.3) is 0 Å². The normalized spacial score (nSPS) is 14.3. The van der Waals surface area contributed by atoms with Crippen LogP contribution >= 0.6 is 0 Å². The molecule has 0 saturated carbocycles. The van der Waals surface area contributed by atoms with Crippen LogP contribution in [0, 0.1) is 0 Å². The van der Waals surface area contributed by atoms with E-state index in [4.69, 9.17) is 4.74 Å². The van der Waals surface area contributed by atoms with Crippen molar-refractivity contribution in [1.82, 2.24) is 10.2 Å². The van der Waals surface area contributed by atoms with Crippen LogP contribution in [0.3, 0.4) is 0 Å². The van der Waals surface area contributed by atoms with Crippen LogP contribution in [-0.4, -0.2) is 56.2 Å². The van der Waals surface area contributed by atoms with Crippen LogP contribution in [0.5, 0.6) is 0 Å². The maximum atomic E-state index is 12.1. The van der Waals surface area contributed by atoms with Crippen LogP contribution in [0.1, 0.15) is 43.5 Å². The summed E-state index contributed by atoms with van der Waals surface area (Å²) in [5, 5.41) is 2.99. The molecule has 2 amide bonds. The van der Waals surface area contributed by atoms with E-state index in [0.29, 0.717) is 25.3 Å². The second kappa shape index (κ2) is 9.91. The van der Waals surface area contributed by atoms with Crippen LogP contribution in [0.15, 0.2) is 24.3 Å². The molecule has 0 unspecified atom stereocenters. The molecular weight excluding hydrogens is 318 g/mol. The van der Waals surface area contributed by atoms with Gasteiger partial charge in [0.1, 0.15) is 0 Å². The Morgan fingerprint density at radius 3 is 2.32 bits per heavy atom. The zero-order chi connectivity index (χ0) is 18.1. The molecule has 0 aromatic heterocycles. The van der Waals surface area contributed by atoms with Crippen molar-refractivity contribution in [2.24, 2.45) is 0 Å². The fourth-order valence-electron chi connectivity index (χ4n) is 2.87. The molecule has 0 radical (unpaired) electrons. The number of urea groups is 1. The van der Waals surface area contributed by atoms with E-state index >= 15 is 0 Å². The van der Waals surface area contributed by atoms with Gasteiger partial charge in [-0.05, 0) is 37.6 Å². The van der Waals surface area contributed by atoms with Gasteiger partial charge < -0.3 is 19.9 Å². The second-order valence-corrected chi connectivity index (χ2v) is 6.18. The SMILES string of the molecule is CCCCCNC(=O)N1CCN(c2ccc(C(=O)OCC)cc2)CC1. The Kier molecular flexibility index (Phi) is 7.57. The van der Waals surface area contributed by atoms with Gasteiger partial charge >= 0.3 is 12.0 Å². The number of amides is 2. The lowest BCUT2D eigenvalue weighted by molar-refractivity contribution is 0.0526. The minimum absolute atomic E-state index is 0.0356. The molecule has 1 aromatic rings. The molecule has 0 bridgehead atoms. The van der Waals surface area contributed by atoms with Crippen LogP contribution in [0.4, 0.5) is 10.5 Å². The van der Waals surface area contributed by atoms with Gasteiger partial charge in [0.15, 0.2) is 0 Å². The predicted octanol–water partition coefficient (Wildman–Crippen LogP) is 2.89. The van der Waals surface area contributed by atoms with Gasteiger partial charge in [-0.25, -0.2) is 9.59 Å². The molecule has 1 saturated heterocycles. The summed E-state index contributed by atoms with van der Waals surface area (Å²) in [5.41, 5.74) is 1.63. The number of carbonyl (C=O) groups is 2. The highest BCUT2D eigenvalue weighted by atomic mass is 16.5. The number of hydrogen-bond acceptors (Lipinski definition) is 4. The quantitative estimate of drug-likeness (QED) is 0.608. The second-order valence-electron chi connectivity index (χ2n) is 6.18. The number of rotatable bonds is 7. The number of carbonyl (C=O) groups excluding carboxylic acids is 2. The molecule has 138 valence electrons. The van der Waals surface area contributed by atoms with Crippen molar-refractivity contribution >= 4 is 17.7 Å². The molecule has 2 rings (SSSR count). The molecule has 1 N–H and O–H groups in total. The highest BCUT2D eigenvalue weighted by Gasteiger charge is 2.21. The van der Waals surface area contributed by atoms with E-state index in [2.05, 4.69) is 17.1 Å². The van der Waals surface area contributed by atoms with Crippen molar-refractivity contribution in [2.75, 3.05) is 44.2 Å². The largest absolute Gasteiger partial charge is 0.462 e. The van der Waals surface area contributed by atoms with Gasteiger partial charge in [0, 0.05) is 38.4 Å². The van der Waals surface area contributed by atoms with Crippen molar-refractivity contribution in [3.8, 4) is 0 Å². The van der Waals surface area contributed by atoms with Gasteiger partial charge in [0.05, 0.1) is 12.2 Å². The Labute approximate surface area is 150 Å². The molecule has 0 atom stereocenters. The van der Waals surface area contributed by atoms with Crippen molar-refractivity contribution in [2.45, 2.75) is 33.1 Å². The van der Waals surface area contributed by atoms with Crippen molar-refractivity contribution in [3.05, 3.63) is 29.8 Å². The Hall–Kier alpha value is -2.24. The van der Waals surface area contributed by atoms with E-state index in [1.165, 1.54) is 0 Å². The topological polar surface area (TPSA) is 61.9 Å². The number of piperazine rings is 1. The first-order valence-electron chi connectivity index (χ1n) is 9.20. The number of nitrogens with one attached hydrogen (secondary N) is 1. The molecule has 0 aliphatic carbocycles. The van der Waals surface area contributed by atoms with E-state index in [-0.39, 0.29) is 12.0 Å². The zero-order valence-corrected chi connectivity index (χ0v) is 15.3. The van der Waals surface area contributed by atoms with Crippen LogP contribution in [-0.2, 0) is 4.74 Å². The lowest BCUT2D eigenvalue weighted by atomic mass is 10.2. The number of nitrogens with zero attached hydrogens (tertiary/aromatic N) is 2. The lowest BCUT2D eigenvalue weighted by Crippen LogP contribution is -2.52.